The molecule has 5 aliphatic rings. The zero-order chi connectivity index (χ0) is 14.7. The van der Waals surface area contributed by atoms with E-state index in [2.05, 4.69) is 28.0 Å². The third-order valence-corrected chi connectivity index (χ3v) is 6.49. The van der Waals surface area contributed by atoms with Crippen LogP contribution in [0.3, 0.4) is 0 Å². The normalized spacial score (nSPS) is 36.4. The summed E-state index contributed by atoms with van der Waals surface area (Å²) in [5.74, 6) is 1.73. The van der Waals surface area contributed by atoms with Gasteiger partial charge < -0.3 is 4.90 Å². The first-order valence-corrected chi connectivity index (χ1v) is 8.98. The number of carbonyl (C=O) groups excluding carboxylic acids is 1. The molecular weight excluding hydrogens is 272 g/mol. The maximum atomic E-state index is 13.1. The number of rotatable bonds is 1. The summed E-state index contributed by atoms with van der Waals surface area (Å²) >= 11 is 0. The Morgan fingerprint density at radius 1 is 1.09 bits per heavy atom. The van der Waals surface area contributed by atoms with Gasteiger partial charge in [0.25, 0.3) is 5.91 Å². The Bertz CT molecular complexity index is 618. The predicted octanol–water partition coefficient (Wildman–Crippen LogP) is 3.00. The molecular formula is C19H24N2O. The molecule has 2 atom stereocenters. The molecule has 1 aromatic rings. The van der Waals surface area contributed by atoms with E-state index < -0.39 is 0 Å². The van der Waals surface area contributed by atoms with Gasteiger partial charge in [-0.05, 0) is 61.6 Å². The number of hydrogen-bond donors (Lipinski definition) is 0. The van der Waals surface area contributed by atoms with Crippen molar-refractivity contribution in [3.8, 4) is 0 Å². The molecule has 22 heavy (non-hydrogen) atoms. The molecule has 2 bridgehead atoms. The summed E-state index contributed by atoms with van der Waals surface area (Å²) in [5.41, 5.74) is 3.84. The van der Waals surface area contributed by atoms with E-state index in [0.717, 1.165) is 24.4 Å². The second-order valence-corrected chi connectivity index (χ2v) is 7.62. The van der Waals surface area contributed by atoms with Crippen LogP contribution in [0.1, 0.15) is 59.5 Å². The van der Waals surface area contributed by atoms with Gasteiger partial charge in [0.05, 0.1) is 6.17 Å². The molecule has 3 fully saturated rings. The molecule has 1 aromatic carbocycles. The lowest BCUT2D eigenvalue weighted by molar-refractivity contribution is -0.0372. The number of piperidine rings is 3. The summed E-state index contributed by atoms with van der Waals surface area (Å²) < 4.78 is 0. The molecule has 3 nitrogen and oxygen atoms in total. The molecule has 0 spiro atoms. The summed E-state index contributed by atoms with van der Waals surface area (Å²) in [4.78, 5) is 17.9. The fourth-order valence-corrected chi connectivity index (χ4v) is 5.36. The van der Waals surface area contributed by atoms with Crippen LogP contribution in [0.2, 0.25) is 0 Å². The number of nitrogens with zero attached hydrogens (tertiary/aromatic N) is 2. The topological polar surface area (TPSA) is 23.6 Å². The lowest BCUT2D eigenvalue weighted by Gasteiger charge is -2.52. The summed E-state index contributed by atoms with van der Waals surface area (Å²) in [6.07, 6.45) is 7.94. The van der Waals surface area contributed by atoms with Crippen LogP contribution in [-0.4, -0.2) is 41.5 Å². The summed E-state index contributed by atoms with van der Waals surface area (Å²) in [6, 6.07) is 6.40. The number of carbonyl (C=O) groups is 1. The number of benzene rings is 1. The van der Waals surface area contributed by atoms with Gasteiger partial charge >= 0.3 is 0 Å². The van der Waals surface area contributed by atoms with E-state index in [4.69, 9.17) is 0 Å². The Morgan fingerprint density at radius 3 is 2.73 bits per heavy atom. The van der Waals surface area contributed by atoms with E-state index in [1.807, 2.05) is 0 Å². The van der Waals surface area contributed by atoms with Gasteiger partial charge in [0.2, 0.25) is 0 Å². The first-order valence-electron chi connectivity index (χ1n) is 8.98. The molecule has 116 valence electrons. The molecule has 0 saturated carbocycles. The van der Waals surface area contributed by atoms with Gasteiger partial charge in [-0.3, -0.25) is 9.69 Å². The highest BCUT2D eigenvalue weighted by Crippen LogP contribution is 2.42. The fraction of sp³-hybridized carbons (Fsp3) is 0.632. The van der Waals surface area contributed by atoms with Gasteiger partial charge in [0, 0.05) is 31.1 Å². The first-order chi connectivity index (χ1) is 10.8. The lowest BCUT2D eigenvalue weighted by Crippen LogP contribution is -2.60. The monoisotopic (exact) mass is 296 g/mol. The van der Waals surface area contributed by atoms with E-state index in [1.165, 1.54) is 56.3 Å². The molecule has 4 heterocycles. The van der Waals surface area contributed by atoms with Crippen LogP contribution in [0.15, 0.2) is 18.2 Å². The van der Waals surface area contributed by atoms with Crippen LogP contribution in [-0.2, 0) is 6.42 Å². The molecule has 3 heteroatoms. The quantitative estimate of drug-likeness (QED) is 0.795. The predicted molar refractivity (Wildman–Crippen MR) is 85.9 cm³/mol. The van der Waals surface area contributed by atoms with Crippen LogP contribution >= 0.6 is 0 Å². The average Bonchev–Trinajstić information content (AvgIpc) is 2.59. The highest BCUT2D eigenvalue weighted by molar-refractivity contribution is 5.97. The molecule has 1 aliphatic carbocycles. The zero-order valence-corrected chi connectivity index (χ0v) is 13.1. The molecule has 3 saturated heterocycles. The second kappa shape index (κ2) is 4.82. The minimum absolute atomic E-state index is 0.299. The van der Waals surface area contributed by atoms with Crippen LogP contribution in [0, 0.1) is 5.92 Å². The van der Waals surface area contributed by atoms with Crippen molar-refractivity contribution in [1.82, 2.24) is 9.80 Å². The maximum absolute atomic E-state index is 13.1. The van der Waals surface area contributed by atoms with Gasteiger partial charge in [-0.2, -0.15) is 0 Å². The van der Waals surface area contributed by atoms with Gasteiger partial charge in [-0.1, -0.05) is 12.1 Å². The molecule has 0 N–H and O–H groups in total. The number of hydrogen-bond acceptors (Lipinski definition) is 2. The van der Waals surface area contributed by atoms with Crippen LogP contribution < -0.4 is 0 Å². The lowest BCUT2D eigenvalue weighted by atomic mass is 9.76. The van der Waals surface area contributed by atoms with Crippen molar-refractivity contribution in [3.63, 3.8) is 0 Å². The molecule has 1 amide bonds. The highest BCUT2D eigenvalue weighted by Gasteiger charge is 2.43. The Hall–Kier alpha value is -1.35. The van der Waals surface area contributed by atoms with Gasteiger partial charge in [-0.25, -0.2) is 0 Å². The molecule has 0 aromatic heterocycles. The summed E-state index contributed by atoms with van der Waals surface area (Å²) in [6.45, 7) is 3.34. The zero-order valence-electron chi connectivity index (χ0n) is 13.1. The fourth-order valence-electron chi connectivity index (χ4n) is 5.36. The molecule has 6 rings (SSSR count). The van der Waals surface area contributed by atoms with E-state index in [-0.39, 0.29) is 0 Å². The van der Waals surface area contributed by atoms with Crippen LogP contribution in [0.5, 0.6) is 0 Å². The third-order valence-electron chi connectivity index (χ3n) is 6.49. The van der Waals surface area contributed by atoms with E-state index in [9.17, 15) is 4.79 Å². The van der Waals surface area contributed by atoms with E-state index in [0.29, 0.717) is 18.0 Å². The van der Waals surface area contributed by atoms with Crippen molar-refractivity contribution in [2.45, 2.75) is 50.6 Å². The summed E-state index contributed by atoms with van der Waals surface area (Å²) in [7, 11) is 0. The van der Waals surface area contributed by atoms with Gasteiger partial charge in [-0.15, -0.1) is 0 Å². The first kappa shape index (κ1) is 13.1. The Kier molecular flexibility index (Phi) is 2.88. The third kappa shape index (κ3) is 1.81. The smallest absolute Gasteiger partial charge is 0.255 e. The van der Waals surface area contributed by atoms with Crippen molar-refractivity contribution >= 4 is 5.91 Å². The number of aryl methyl sites for hydroxylation is 1. The Labute approximate surface area is 132 Å². The second-order valence-electron chi connectivity index (χ2n) is 7.62. The standard InChI is InChI=1S/C19H24N2O/c22-19-16-6-2-4-14-3-1-5-15(18(14)16)12-21(19)17-11-13-7-9-20(17)10-8-13/h2,4,6,13,15,17H,1,3,5,7-12H2/t15-,17+/m1/s1. The number of fused-ring (bicyclic) bond motifs is 3. The van der Waals surface area contributed by atoms with Crippen LogP contribution in [0.25, 0.3) is 0 Å². The summed E-state index contributed by atoms with van der Waals surface area (Å²) in [5, 5.41) is 0. The Balaban J connectivity index is 1.53. The van der Waals surface area contributed by atoms with Crippen molar-refractivity contribution in [2.75, 3.05) is 19.6 Å². The van der Waals surface area contributed by atoms with Crippen molar-refractivity contribution in [3.05, 3.63) is 34.9 Å². The van der Waals surface area contributed by atoms with E-state index >= 15 is 0 Å². The molecule has 0 unspecified atom stereocenters. The largest absolute Gasteiger partial charge is 0.322 e. The molecule has 4 aliphatic heterocycles. The molecule has 0 radical (unpaired) electrons. The minimum atomic E-state index is 0.299. The van der Waals surface area contributed by atoms with Crippen molar-refractivity contribution < 1.29 is 4.79 Å². The number of amides is 1. The van der Waals surface area contributed by atoms with Gasteiger partial charge in [0.1, 0.15) is 0 Å². The van der Waals surface area contributed by atoms with Crippen molar-refractivity contribution in [2.24, 2.45) is 5.92 Å². The van der Waals surface area contributed by atoms with E-state index in [1.54, 1.807) is 0 Å². The van der Waals surface area contributed by atoms with Gasteiger partial charge in [0.15, 0.2) is 0 Å². The SMILES string of the molecule is O=C1c2cccc3c2[C@H](CCC3)CN1[C@H]1CC2CCN1CC2. The Morgan fingerprint density at radius 2 is 1.95 bits per heavy atom. The highest BCUT2D eigenvalue weighted by atomic mass is 16.2. The minimum Gasteiger partial charge on any atom is -0.322 e. The average molecular weight is 296 g/mol. The maximum Gasteiger partial charge on any atom is 0.255 e. The van der Waals surface area contributed by atoms with Crippen molar-refractivity contribution in [1.29, 1.82) is 0 Å². The van der Waals surface area contributed by atoms with Crippen LogP contribution in [0.4, 0.5) is 0 Å².